The van der Waals surface area contributed by atoms with Gasteiger partial charge < -0.3 is 15.0 Å². The van der Waals surface area contributed by atoms with E-state index in [1.807, 2.05) is 17.0 Å². The summed E-state index contributed by atoms with van der Waals surface area (Å²) in [6, 6.07) is 11.2. The number of rotatable bonds is 6. The van der Waals surface area contributed by atoms with Gasteiger partial charge in [-0.3, -0.25) is 20.2 Å². The van der Waals surface area contributed by atoms with Crippen molar-refractivity contribution in [2.45, 2.75) is 0 Å². The van der Waals surface area contributed by atoms with Gasteiger partial charge in [-0.2, -0.15) is 4.31 Å². The van der Waals surface area contributed by atoms with Crippen molar-refractivity contribution in [2.75, 3.05) is 49.8 Å². The van der Waals surface area contributed by atoms with Crippen molar-refractivity contribution >= 4 is 50.3 Å². The Morgan fingerprint density at radius 3 is 2.42 bits per heavy atom. The molecule has 2 N–H and O–H groups in total. The standard InChI is InChI=1S/C20H23N5O6S2/c1-31-18-8-7-14(13-17(18)25(27)28)19(26)22-20(32)21-15-5-3-4-6-16(15)23-9-11-24(12-10-23)33(2,29)30/h3-8,13H,9-12H2,1-2H3,(H2,21,22,26,32). The second kappa shape index (κ2) is 10.1. The fraction of sp³-hybridized carbons (Fsp3) is 0.300. The molecule has 1 saturated heterocycles. The summed E-state index contributed by atoms with van der Waals surface area (Å²) in [6.45, 7) is 1.73. The SMILES string of the molecule is COc1ccc(C(=O)NC(=S)Nc2ccccc2N2CCN(S(C)(=O)=O)CC2)cc1[N+](=O)[O-]. The van der Waals surface area contributed by atoms with Crippen LogP contribution in [0, 0.1) is 10.1 Å². The zero-order valence-electron chi connectivity index (χ0n) is 18.0. The molecule has 33 heavy (non-hydrogen) atoms. The van der Waals surface area contributed by atoms with Crippen LogP contribution in [0.25, 0.3) is 0 Å². The van der Waals surface area contributed by atoms with Gasteiger partial charge in [0.15, 0.2) is 10.9 Å². The van der Waals surface area contributed by atoms with Crippen LogP contribution in [0.1, 0.15) is 10.4 Å². The molecule has 0 unspecified atom stereocenters. The summed E-state index contributed by atoms with van der Waals surface area (Å²) in [4.78, 5) is 25.2. The molecule has 1 fully saturated rings. The number of hydrogen-bond acceptors (Lipinski definition) is 8. The zero-order valence-corrected chi connectivity index (χ0v) is 19.6. The molecule has 11 nitrogen and oxygen atoms in total. The molecule has 1 amide bonds. The fourth-order valence-electron chi connectivity index (χ4n) is 3.42. The molecule has 2 aromatic rings. The molecule has 0 spiro atoms. The van der Waals surface area contributed by atoms with Gasteiger partial charge >= 0.3 is 5.69 Å². The topological polar surface area (TPSA) is 134 Å². The number of nitro benzene ring substituents is 1. The molecular weight excluding hydrogens is 470 g/mol. The highest BCUT2D eigenvalue weighted by Gasteiger charge is 2.25. The number of amides is 1. The van der Waals surface area contributed by atoms with Gasteiger partial charge in [0.25, 0.3) is 5.91 Å². The van der Waals surface area contributed by atoms with E-state index in [2.05, 4.69) is 10.6 Å². The highest BCUT2D eigenvalue weighted by Crippen LogP contribution is 2.28. The Balaban J connectivity index is 1.69. The van der Waals surface area contributed by atoms with Crippen LogP contribution in [-0.2, 0) is 10.0 Å². The van der Waals surface area contributed by atoms with E-state index in [9.17, 15) is 23.3 Å². The fourth-order valence-corrected chi connectivity index (χ4v) is 4.45. The first-order valence-corrected chi connectivity index (χ1v) is 12.1. The number of carbonyl (C=O) groups is 1. The summed E-state index contributed by atoms with van der Waals surface area (Å²) in [5, 5.41) is 16.7. The number of nitro groups is 1. The first-order valence-electron chi connectivity index (χ1n) is 9.84. The van der Waals surface area contributed by atoms with Gasteiger partial charge in [-0.1, -0.05) is 12.1 Å². The Kier molecular flexibility index (Phi) is 7.46. The quantitative estimate of drug-likeness (QED) is 0.351. The molecule has 0 saturated carbocycles. The van der Waals surface area contributed by atoms with Gasteiger partial charge in [0.1, 0.15) is 0 Å². The zero-order chi connectivity index (χ0) is 24.2. The molecule has 0 atom stereocenters. The van der Waals surface area contributed by atoms with Crippen LogP contribution in [0.3, 0.4) is 0 Å². The van der Waals surface area contributed by atoms with Crippen molar-refractivity contribution in [2.24, 2.45) is 0 Å². The summed E-state index contributed by atoms with van der Waals surface area (Å²) >= 11 is 5.27. The number of sulfonamides is 1. The number of ether oxygens (including phenoxy) is 1. The van der Waals surface area contributed by atoms with Gasteiger partial charge in [-0.25, -0.2) is 8.42 Å². The van der Waals surface area contributed by atoms with Gasteiger partial charge in [0.05, 0.1) is 29.7 Å². The summed E-state index contributed by atoms with van der Waals surface area (Å²) in [7, 11) is -1.94. The first-order chi connectivity index (χ1) is 15.6. The molecule has 13 heteroatoms. The summed E-state index contributed by atoms with van der Waals surface area (Å²) < 4.78 is 29.9. The molecule has 2 aromatic carbocycles. The van der Waals surface area contributed by atoms with E-state index in [0.717, 1.165) is 11.8 Å². The Morgan fingerprint density at radius 1 is 1.15 bits per heavy atom. The lowest BCUT2D eigenvalue weighted by atomic mass is 10.1. The number of anilines is 2. The number of hydrogen-bond donors (Lipinski definition) is 2. The molecule has 1 aliphatic rings. The van der Waals surface area contributed by atoms with E-state index >= 15 is 0 Å². The summed E-state index contributed by atoms with van der Waals surface area (Å²) in [6.07, 6.45) is 1.19. The number of para-hydroxylation sites is 2. The predicted molar refractivity (Wildman–Crippen MR) is 128 cm³/mol. The molecular formula is C20H23N5O6S2. The number of nitrogens with zero attached hydrogens (tertiary/aromatic N) is 3. The second-order valence-corrected chi connectivity index (χ2v) is 9.61. The Hall–Kier alpha value is -3.29. The van der Waals surface area contributed by atoms with E-state index in [4.69, 9.17) is 17.0 Å². The van der Waals surface area contributed by atoms with Crippen LogP contribution in [0.15, 0.2) is 42.5 Å². The van der Waals surface area contributed by atoms with E-state index in [1.54, 1.807) is 12.1 Å². The van der Waals surface area contributed by atoms with Crippen LogP contribution in [0.5, 0.6) is 5.75 Å². The van der Waals surface area contributed by atoms with Crippen molar-refractivity contribution in [3.8, 4) is 5.75 Å². The lowest BCUT2D eigenvalue weighted by Gasteiger charge is -2.35. The average Bonchev–Trinajstić information content (AvgIpc) is 2.78. The predicted octanol–water partition coefficient (Wildman–Crippen LogP) is 1.81. The van der Waals surface area contributed by atoms with Gasteiger partial charge in [-0.05, 0) is 36.5 Å². The van der Waals surface area contributed by atoms with Crippen LogP contribution >= 0.6 is 12.2 Å². The Labute approximate surface area is 196 Å². The van der Waals surface area contributed by atoms with Gasteiger partial charge in [0, 0.05) is 37.8 Å². The molecule has 0 aromatic heterocycles. The molecule has 0 radical (unpaired) electrons. The van der Waals surface area contributed by atoms with E-state index in [0.29, 0.717) is 31.9 Å². The molecule has 0 aliphatic carbocycles. The Bertz CT molecular complexity index is 1180. The van der Waals surface area contributed by atoms with Crippen LogP contribution in [0.2, 0.25) is 0 Å². The lowest BCUT2D eigenvalue weighted by molar-refractivity contribution is -0.385. The third-order valence-corrected chi connectivity index (χ3v) is 6.57. The highest BCUT2D eigenvalue weighted by molar-refractivity contribution is 7.88. The Morgan fingerprint density at radius 2 is 1.82 bits per heavy atom. The van der Waals surface area contributed by atoms with Crippen molar-refractivity contribution in [1.82, 2.24) is 9.62 Å². The molecule has 1 aliphatic heterocycles. The number of nitrogens with one attached hydrogen (secondary N) is 2. The summed E-state index contributed by atoms with van der Waals surface area (Å²) in [5.41, 5.74) is 1.16. The van der Waals surface area contributed by atoms with E-state index < -0.39 is 20.9 Å². The third kappa shape index (κ3) is 5.94. The monoisotopic (exact) mass is 493 g/mol. The molecule has 0 bridgehead atoms. The number of carbonyl (C=O) groups excluding carboxylic acids is 1. The molecule has 176 valence electrons. The van der Waals surface area contributed by atoms with Crippen LogP contribution in [-0.4, -0.2) is 68.2 Å². The normalized spacial score (nSPS) is 14.4. The number of methoxy groups -OCH3 is 1. The third-order valence-electron chi connectivity index (χ3n) is 5.07. The van der Waals surface area contributed by atoms with E-state index in [1.165, 1.54) is 29.8 Å². The maximum absolute atomic E-state index is 12.6. The van der Waals surface area contributed by atoms with Crippen molar-refractivity contribution in [3.05, 3.63) is 58.1 Å². The van der Waals surface area contributed by atoms with Crippen molar-refractivity contribution in [3.63, 3.8) is 0 Å². The van der Waals surface area contributed by atoms with Crippen molar-refractivity contribution in [1.29, 1.82) is 0 Å². The minimum atomic E-state index is -3.24. The van der Waals surface area contributed by atoms with Crippen LogP contribution < -0.4 is 20.3 Å². The number of benzene rings is 2. The maximum atomic E-state index is 12.6. The molecule has 3 rings (SSSR count). The maximum Gasteiger partial charge on any atom is 0.311 e. The van der Waals surface area contributed by atoms with Crippen LogP contribution in [0.4, 0.5) is 17.1 Å². The average molecular weight is 494 g/mol. The largest absolute Gasteiger partial charge is 0.490 e. The minimum absolute atomic E-state index is 0.0145. The van der Waals surface area contributed by atoms with Gasteiger partial charge in [0.2, 0.25) is 10.0 Å². The van der Waals surface area contributed by atoms with Crippen molar-refractivity contribution < 1.29 is 22.9 Å². The van der Waals surface area contributed by atoms with Gasteiger partial charge in [-0.15, -0.1) is 0 Å². The second-order valence-electron chi connectivity index (χ2n) is 7.22. The molecule has 1 heterocycles. The summed E-state index contributed by atoms with van der Waals surface area (Å²) in [5.74, 6) is -0.570. The number of thiocarbonyl (C=S) groups is 1. The lowest BCUT2D eigenvalue weighted by Crippen LogP contribution is -2.48. The van der Waals surface area contributed by atoms with E-state index in [-0.39, 0.29) is 22.1 Å². The number of piperazine rings is 1. The highest BCUT2D eigenvalue weighted by atomic mass is 32.2. The smallest absolute Gasteiger partial charge is 0.311 e. The minimum Gasteiger partial charge on any atom is -0.490 e. The first kappa shape index (κ1) is 24.4.